The molecule has 2 saturated heterocycles. The molecule has 0 bridgehead atoms. The lowest BCUT2D eigenvalue weighted by Crippen LogP contribution is -2.39. The fourth-order valence-electron chi connectivity index (χ4n) is 5.49. The highest BCUT2D eigenvalue weighted by Gasteiger charge is 2.28. The highest BCUT2D eigenvalue weighted by atomic mass is 79.9. The quantitative estimate of drug-likeness (QED) is 0.651. The number of ether oxygens (including phenoxy) is 1. The minimum atomic E-state index is -0.0833. The van der Waals surface area contributed by atoms with Gasteiger partial charge in [0.15, 0.2) is 11.9 Å². The van der Waals surface area contributed by atoms with Gasteiger partial charge in [0.2, 0.25) is 0 Å². The van der Waals surface area contributed by atoms with Gasteiger partial charge in [-0.2, -0.15) is 5.10 Å². The zero-order chi connectivity index (χ0) is 21.2. The van der Waals surface area contributed by atoms with Gasteiger partial charge >= 0.3 is 0 Å². The Morgan fingerprint density at radius 1 is 1.10 bits per heavy atom. The van der Waals surface area contributed by atoms with Crippen LogP contribution < -0.4 is 5.32 Å². The summed E-state index contributed by atoms with van der Waals surface area (Å²) in [6, 6.07) is 6.29. The van der Waals surface area contributed by atoms with E-state index in [0.29, 0.717) is 5.69 Å². The van der Waals surface area contributed by atoms with Gasteiger partial charge in [-0.15, -0.1) is 0 Å². The lowest BCUT2D eigenvalue weighted by molar-refractivity contribution is -0.0368. The standard InChI is InChI=1S/C24H33BrN4O2/c25-18-8-11-21-20(15-18)23(27-29(21)22-5-1-4-14-31-22)24(30)26-19-9-6-17(7-10-19)16-28-12-2-3-13-28/h8,11,15,17,19,22H,1-7,9-10,12-14,16H2,(H,26,30). The highest BCUT2D eigenvalue weighted by Crippen LogP contribution is 2.31. The Morgan fingerprint density at radius 3 is 2.65 bits per heavy atom. The predicted octanol–water partition coefficient (Wildman–Crippen LogP) is 4.88. The van der Waals surface area contributed by atoms with Crippen LogP contribution in [-0.2, 0) is 4.74 Å². The summed E-state index contributed by atoms with van der Waals surface area (Å²) in [5.41, 5.74) is 1.49. The van der Waals surface area contributed by atoms with Gasteiger partial charge in [0, 0.05) is 29.1 Å². The summed E-state index contributed by atoms with van der Waals surface area (Å²) in [4.78, 5) is 15.9. The summed E-state index contributed by atoms with van der Waals surface area (Å²) in [6.45, 7) is 4.54. The van der Waals surface area contributed by atoms with E-state index in [9.17, 15) is 4.79 Å². The number of halogens is 1. The van der Waals surface area contributed by atoms with Crippen LogP contribution in [0.2, 0.25) is 0 Å². The molecule has 2 aromatic rings. The van der Waals surface area contributed by atoms with Gasteiger partial charge in [-0.25, -0.2) is 4.68 Å². The van der Waals surface area contributed by atoms with E-state index in [1.165, 1.54) is 45.3 Å². The van der Waals surface area contributed by atoms with Crippen molar-refractivity contribution in [3.05, 3.63) is 28.4 Å². The fraction of sp³-hybridized carbons (Fsp3) is 0.667. The maximum atomic E-state index is 13.2. The molecular weight excluding hydrogens is 456 g/mol. The van der Waals surface area contributed by atoms with Crippen LogP contribution >= 0.6 is 15.9 Å². The molecule has 1 amide bonds. The van der Waals surface area contributed by atoms with E-state index >= 15 is 0 Å². The van der Waals surface area contributed by atoms with Gasteiger partial charge in [-0.05, 0) is 95.0 Å². The molecule has 2 aliphatic heterocycles. The monoisotopic (exact) mass is 488 g/mol. The van der Waals surface area contributed by atoms with Gasteiger partial charge in [-0.3, -0.25) is 4.79 Å². The third kappa shape index (κ3) is 4.83. The van der Waals surface area contributed by atoms with Crippen LogP contribution in [0, 0.1) is 5.92 Å². The Labute approximate surface area is 192 Å². The Balaban J connectivity index is 1.27. The second-order valence-corrected chi connectivity index (χ2v) is 10.4. The predicted molar refractivity (Wildman–Crippen MR) is 125 cm³/mol. The maximum absolute atomic E-state index is 13.2. The number of aromatic nitrogens is 2. The van der Waals surface area contributed by atoms with Crippen molar-refractivity contribution in [1.82, 2.24) is 20.0 Å². The molecule has 6 nitrogen and oxygen atoms in total. The van der Waals surface area contributed by atoms with Crippen LogP contribution in [0.3, 0.4) is 0 Å². The zero-order valence-electron chi connectivity index (χ0n) is 18.2. The van der Waals surface area contributed by atoms with Crippen LogP contribution in [0.5, 0.6) is 0 Å². The minimum absolute atomic E-state index is 0.0550. The molecule has 31 heavy (non-hydrogen) atoms. The molecule has 7 heteroatoms. The van der Waals surface area contributed by atoms with Crippen molar-refractivity contribution in [2.75, 3.05) is 26.2 Å². The Hall–Kier alpha value is -1.44. The normalized spacial score (nSPS) is 27.6. The van der Waals surface area contributed by atoms with Crippen LogP contribution in [-0.4, -0.2) is 52.9 Å². The van der Waals surface area contributed by atoms with Crippen molar-refractivity contribution >= 4 is 32.7 Å². The van der Waals surface area contributed by atoms with Crippen LogP contribution in [0.15, 0.2) is 22.7 Å². The number of benzene rings is 1. The number of nitrogens with one attached hydrogen (secondary N) is 1. The molecular formula is C24H33BrN4O2. The molecule has 3 fully saturated rings. The molecule has 1 N–H and O–H groups in total. The summed E-state index contributed by atoms with van der Waals surface area (Å²) in [6.07, 6.45) is 10.3. The molecule has 0 spiro atoms. The molecule has 1 saturated carbocycles. The van der Waals surface area contributed by atoms with Crippen LogP contribution in [0.4, 0.5) is 0 Å². The van der Waals surface area contributed by atoms with Gasteiger partial charge < -0.3 is 15.0 Å². The van der Waals surface area contributed by atoms with Gasteiger partial charge in [0.05, 0.1) is 5.52 Å². The number of hydrogen-bond donors (Lipinski definition) is 1. The molecule has 3 heterocycles. The molecule has 0 radical (unpaired) electrons. The number of carbonyl (C=O) groups excluding carboxylic acids is 1. The third-order valence-electron chi connectivity index (χ3n) is 7.21. The SMILES string of the molecule is O=C(NC1CCC(CN2CCCC2)CC1)c1nn(C2CCCCO2)c2ccc(Br)cc12. The van der Waals surface area contributed by atoms with E-state index in [-0.39, 0.29) is 18.2 Å². The minimum Gasteiger partial charge on any atom is -0.356 e. The lowest BCUT2D eigenvalue weighted by Gasteiger charge is -2.31. The molecule has 1 aromatic carbocycles. The molecule has 3 aliphatic rings. The first-order valence-electron chi connectivity index (χ1n) is 12.0. The number of carbonyl (C=O) groups is 1. The third-order valence-corrected chi connectivity index (χ3v) is 7.70. The van der Waals surface area contributed by atoms with Gasteiger partial charge in [0.25, 0.3) is 5.91 Å². The molecule has 1 unspecified atom stereocenters. The fourth-order valence-corrected chi connectivity index (χ4v) is 5.85. The number of rotatable bonds is 5. The van der Waals surface area contributed by atoms with E-state index in [2.05, 4.69) is 26.1 Å². The summed E-state index contributed by atoms with van der Waals surface area (Å²) in [5.74, 6) is 0.728. The highest BCUT2D eigenvalue weighted by molar-refractivity contribution is 9.10. The summed E-state index contributed by atoms with van der Waals surface area (Å²) >= 11 is 3.56. The summed E-state index contributed by atoms with van der Waals surface area (Å²) in [7, 11) is 0. The maximum Gasteiger partial charge on any atom is 0.272 e. The van der Waals surface area contributed by atoms with E-state index in [4.69, 9.17) is 9.84 Å². The van der Waals surface area contributed by atoms with Gasteiger partial charge in [0.1, 0.15) is 0 Å². The zero-order valence-corrected chi connectivity index (χ0v) is 19.8. The second-order valence-electron chi connectivity index (χ2n) is 9.47. The van der Waals surface area contributed by atoms with Crippen molar-refractivity contribution in [2.45, 2.75) is 70.1 Å². The van der Waals surface area contributed by atoms with Crippen LogP contribution in [0.25, 0.3) is 10.9 Å². The Morgan fingerprint density at radius 2 is 1.90 bits per heavy atom. The molecule has 1 aliphatic carbocycles. The average molecular weight is 489 g/mol. The largest absolute Gasteiger partial charge is 0.356 e. The van der Waals surface area contributed by atoms with E-state index in [1.54, 1.807) is 0 Å². The first-order chi connectivity index (χ1) is 15.2. The number of likely N-dealkylation sites (tertiary alicyclic amines) is 1. The van der Waals surface area contributed by atoms with Crippen molar-refractivity contribution < 1.29 is 9.53 Å². The number of hydrogen-bond acceptors (Lipinski definition) is 4. The van der Waals surface area contributed by atoms with Crippen molar-refractivity contribution in [2.24, 2.45) is 5.92 Å². The van der Waals surface area contributed by atoms with E-state index < -0.39 is 0 Å². The molecule has 168 valence electrons. The second kappa shape index (κ2) is 9.59. The van der Waals surface area contributed by atoms with Crippen molar-refractivity contribution in [3.63, 3.8) is 0 Å². The Bertz CT molecular complexity index is 910. The van der Waals surface area contributed by atoms with Crippen molar-refractivity contribution in [1.29, 1.82) is 0 Å². The van der Waals surface area contributed by atoms with E-state index in [1.807, 2.05) is 22.9 Å². The first kappa shape index (κ1) is 21.4. The summed E-state index contributed by atoms with van der Waals surface area (Å²) in [5, 5.41) is 8.94. The first-order valence-corrected chi connectivity index (χ1v) is 12.8. The lowest BCUT2D eigenvalue weighted by atomic mass is 9.85. The molecule has 1 aromatic heterocycles. The van der Waals surface area contributed by atoms with E-state index in [0.717, 1.165) is 60.0 Å². The number of fused-ring (bicyclic) bond motifs is 1. The number of amides is 1. The molecule has 5 rings (SSSR count). The average Bonchev–Trinajstić information content (AvgIpc) is 3.43. The van der Waals surface area contributed by atoms with Gasteiger partial charge in [-0.1, -0.05) is 15.9 Å². The topological polar surface area (TPSA) is 59.4 Å². The number of nitrogens with zero attached hydrogens (tertiary/aromatic N) is 3. The van der Waals surface area contributed by atoms with Crippen LogP contribution in [0.1, 0.15) is 74.5 Å². The Kier molecular flexibility index (Phi) is 6.62. The molecule has 1 atom stereocenters. The summed E-state index contributed by atoms with van der Waals surface area (Å²) < 4.78 is 8.84. The van der Waals surface area contributed by atoms with Crippen molar-refractivity contribution in [3.8, 4) is 0 Å². The smallest absolute Gasteiger partial charge is 0.272 e.